The molecule has 96 valence electrons. The van der Waals surface area contributed by atoms with Crippen molar-refractivity contribution in [3.05, 3.63) is 29.8 Å². The summed E-state index contributed by atoms with van der Waals surface area (Å²) in [5, 5.41) is 3.27. The molecule has 0 bridgehead atoms. The summed E-state index contributed by atoms with van der Waals surface area (Å²) in [6.45, 7) is 3.89. The molecule has 4 nitrogen and oxygen atoms in total. The number of hydrogen-bond donors (Lipinski definition) is 1. The molecule has 0 amide bonds. The summed E-state index contributed by atoms with van der Waals surface area (Å²) < 4.78 is 23.3. The lowest BCUT2D eigenvalue weighted by molar-refractivity contribution is -0.120. The molecule has 0 aliphatic heterocycles. The molecule has 0 aromatic carbocycles. The van der Waals surface area contributed by atoms with Crippen LogP contribution in [0.5, 0.6) is 0 Å². The molecule has 1 heterocycles. The highest BCUT2D eigenvalue weighted by molar-refractivity contribution is 5.14. The fraction of sp³-hybridized carbons (Fsp3) is 0.583. The molecule has 17 heavy (non-hydrogen) atoms. The average molecular weight is 242 g/mol. The summed E-state index contributed by atoms with van der Waals surface area (Å²) in [5.41, 5.74) is 0.794. The zero-order valence-corrected chi connectivity index (χ0v) is 10.6. The number of aromatic nitrogens is 1. The van der Waals surface area contributed by atoms with Crippen molar-refractivity contribution >= 4 is 0 Å². The predicted molar refractivity (Wildman–Crippen MR) is 63.0 cm³/mol. The van der Waals surface area contributed by atoms with Crippen LogP contribution >= 0.6 is 0 Å². The number of nitrogens with zero attached hydrogens (tertiary/aromatic N) is 1. The zero-order chi connectivity index (χ0) is 12.8. The molecule has 1 aromatic rings. The first-order valence-corrected chi connectivity index (χ1v) is 5.50. The minimum absolute atomic E-state index is 0.0109. The average Bonchev–Trinajstić information content (AvgIpc) is 2.30. The number of nitrogens with one attached hydrogen (secondary N) is 1. The van der Waals surface area contributed by atoms with E-state index < -0.39 is 0 Å². The molecule has 0 aliphatic carbocycles. The Hall–Kier alpha value is -1.04. The molecule has 1 N–H and O–H groups in total. The normalized spacial score (nSPS) is 14.9. The quantitative estimate of drug-likeness (QED) is 0.773. The highest BCUT2D eigenvalue weighted by Gasteiger charge is 2.18. The highest BCUT2D eigenvalue weighted by atomic mass is 19.1. The lowest BCUT2D eigenvalue weighted by Gasteiger charge is -2.25. The molecule has 1 aromatic heterocycles. The maximum Gasteiger partial charge on any atom is 0.171 e. The van der Waals surface area contributed by atoms with Gasteiger partial charge >= 0.3 is 0 Å². The van der Waals surface area contributed by atoms with Crippen LogP contribution in [0.25, 0.3) is 0 Å². The molecule has 0 saturated carbocycles. The number of halogens is 1. The fourth-order valence-electron chi connectivity index (χ4n) is 1.74. The molecule has 5 heteroatoms. The van der Waals surface area contributed by atoms with E-state index in [1.807, 2.05) is 13.8 Å². The Balaban J connectivity index is 2.62. The standard InChI is InChI=1S/C12H19FN2O2/c1-8(10-5-11(13)7-14-6-10)15-9(2)12(16-3)17-4/h5-9,12,15H,1-4H3. The van der Waals surface area contributed by atoms with Crippen LogP contribution in [0, 0.1) is 5.82 Å². The second-order valence-electron chi connectivity index (χ2n) is 3.95. The molecule has 0 radical (unpaired) electrons. The Bertz CT molecular complexity index is 345. The number of ether oxygens (including phenoxy) is 2. The second-order valence-corrected chi connectivity index (χ2v) is 3.95. The van der Waals surface area contributed by atoms with Gasteiger partial charge in [-0.15, -0.1) is 0 Å². The zero-order valence-electron chi connectivity index (χ0n) is 10.6. The minimum atomic E-state index is -0.334. The molecule has 2 unspecified atom stereocenters. The van der Waals surface area contributed by atoms with Gasteiger partial charge in [0, 0.05) is 26.5 Å². The smallest absolute Gasteiger partial charge is 0.171 e. The summed E-state index contributed by atoms with van der Waals surface area (Å²) >= 11 is 0. The Kier molecular flexibility index (Phi) is 5.47. The van der Waals surface area contributed by atoms with Crippen molar-refractivity contribution < 1.29 is 13.9 Å². The van der Waals surface area contributed by atoms with Gasteiger partial charge in [-0.2, -0.15) is 0 Å². The van der Waals surface area contributed by atoms with Crippen molar-refractivity contribution in [1.29, 1.82) is 0 Å². The number of methoxy groups -OCH3 is 2. The van der Waals surface area contributed by atoms with E-state index in [2.05, 4.69) is 10.3 Å². The van der Waals surface area contributed by atoms with Gasteiger partial charge in [0.2, 0.25) is 0 Å². The molecule has 0 spiro atoms. The van der Waals surface area contributed by atoms with Crippen LogP contribution < -0.4 is 5.32 Å². The molecule has 0 saturated heterocycles. The van der Waals surface area contributed by atoms with E-state index in [0.29, 0.717) is 0 Å². The summed E-state index contributed by atoms with van der Waals surface area (Å²) in [6, 6.07) is 1.43. The van der Waals surface area contributed by atoms with Crippen molar-refractivity contribution in [1.82, 2.24) is 10.3 Å². The van der Waals surface area contributed by atoms with Gasteiger partial charge in [0.25, 0.3) is 0 Å². The van der Waals surface area contributed by atoms with E-state index in [-0.39, 0.29) is 24.2 Å². The van der Waals surface area contributed by atoms with Crippen LogP contribution in [0.15, 0.2) is 18.5 Å². The molecular formula is C12H19FN2O2. The molecule has 1 rings (SSSR count). The van der Waals surface area contributed by atoms with E-state index in [9.17, 15) is 4.39 Å². The van der Waals surface area contributed by atoms with Gasteiger partial charge < -0.3 is 14.8 Å². The van der Waals surface area contributed by atoms with Gasteiger partial charge in [0.15, 0.2) is 6.29 Å². The molecule has 0 fully saturated rings. The summed E-state index contributed by atoms with van der Waals surface area (Å²) in [7, 11) is 3.17. The second kappa shape index (κ2) is 6.64. The fourth-order valence-corrected chi connectivity index (χ4v) is 1.74. The van der Waals surface area contributed by atoms with Gasteiger partial charge in [0.05, 0.1) is 12.2 Å². The monoisotopic (exact) mass is 242 g/mol. The van der Waals surface area contributed by atoms with Crippen LogP contribution in [0.2, 0.25) is 0 Å². The Morgan fingerprint density at radius 3 is 2.41 bits per heavy atom. The van der Waals surface area contributed by atoms with Crippen molar-refractivity contribution in [2.75, 3.05) is 14.2 Å². The Labute approximate surface area is 101 Å². The predicted octanol–water partition coefficient (Wildman–Crippen LogP) is 1.88. The maximum atomic E-state index is 13.0. The minimum Gasteiger partial charge on any atom is -0.354 e. The molecule has 0 aliphatic rings. The molecular weight excluding hydrogens is 223 g/mol. The van der Waals surface area contributed by atoms with Crippen LogP contribution in [0.4, 0.5) is 4.39 Å². The highest BCUT2D eigenvalue weighted by Crippen LogP contribution is 2.14. The van der Waals surface area contributed by atoms with E-state index in [1.54, 1.807) is 20.4 Å². The first kappa shape index (κ1) is 14.0. The van der Waals surface area contributed by atoms with E-state index in [1.165, 1.54) is 12.3 Å². The first-order chi connectivity index (χ1) is 8.08. The Morgan fingerprint density at radius 1 is 1.24 bits per heavy atom. The third-order valence-electron chi connectivity index (χ3n) is 2.61. The van der Waals surface area contributed by atoms with E-state index in [0.717, 1.165) is 5.56 Å². The van der Waals surface area contributed by atoms with E-state index in [4.69, 9.17) is 9.47 Å². The molecule has 2 atom stereocenters. The lowest BCUT2D eigenvalue weighted by Crippen LogP contribution is -2.40. The SMILES string of the molecule is COC(OC)C(C)NC(C)c1cncc(F)c1. The van der Waals surface area contributed by atoms with Crippen molar-refractivity contribution in [2.45, 2.75) is 32.2 Å². The van der Waals surface area contributed by atoms with Crippen molar-refractivity contribution in [3.63, 3.8) is 0 Å². The Morgan fingerprint density at radius 2 is 1.88 bits per heavy atom. The van der Waals surface area contributed by atoms with Gasteiger partial charge in [-0.05, 0) is 25.5 Å². The van der Waals surface area contributed by atoms with Gasteiger partial charge in [-0.25, -0.2) is 4.39 Å². The third-order valence-corrected chi connectivity index (χ3v) is 2.61. The van der Waals surface area contributed by atoms with E-state index >= 15 is 0 Å². The summed E-state index contributed by atoms with van der Waals surface area (Å²) in [5.74, 6) is -0.334. The van der Waals surface area contributed by atoms with Crippen LogP contribution in [-0.4, -0.2) is 31.5 Å². The van der Waals surface area contributed by atoms with Crippen LogP contribution in [0.3, 0.4) is 0 Å². The number of rotatable bonds is 6. The number of pyridine rings is 1. The third kappa shape index (κ3) is 4.03. The largest absolute Gasteiger partial charge is 0.354 e. The van der Waals surface area contributed by atoms with Crippen LogP contribution in [-0.2, 0) is 9.47 Å². The van der Waals surface area contributed by atoms with Gasteiger partial charge in [0.1, 0.15) is 5.82 Å². The summed E-state index contributed by atoms with van der Waals surface area (Å²) in [6.07, 6.45) is 2.49. The van der Waals surface area contributed by atoms with Gasteiger partial charge in [-0.3, -0.25) is 4.98 Å². The number of hydrogen-bond acceptors (Lipinski definition) is 4. The van der Waals surface area contributed by atoms with Crippen molar-refractivity contribution in [2.24, 2.45) is 0 Å². The van der Waals surface area contributed by atoms with Crippen molar-refractivity contribution in [3.8, 4) is 0 Å². The lowest BCUT2D eigenvalue weighted by atomic mass is 10.1. The van der Waals surface area contributed by atoms with Gasteiger partial charge in [-0.1, -0.05) is 0 Å². The van der Waals surface area contributed by atoms with Crippen LogP contribution in [0.1, 0.15) is 25.5 Å². The maximum absolute atomic E-state index is 13.0. The first-order valence-electron chi connectivity index (χ1n) is 5.50. The summed E-state index contributed by atoms with van der Waals surface area (Å²) in [4.78, 5) is 3.82. The topological polar surface area (TPSA) is 43.4 Å².